The van der Waals surface area contributed by atoms with Gasteiger partial charge in [0.15, 0.2) is 0 Å². The Morgan fingerprint density at radius 1 is 0.947 bits per heavy atom. The van der Waals surface area contributed by atoms with Crippen molar-refractivity contribution in [2.24, 2.45) is 0 Å². The fourth-order valence-electron chi connectivity index (χ4n) is 1.58. The molecule has 0 aliphatic rings. The topological polar surface area (TPSA) is 108 Å². The van der Waals surface area contributed by atoms with Crippen LogP contribution >= 0.6 is 0 Å². The summed E-state index contributed by atoms with van der Waals surface area (Å²) in [5.74, 6) is 2.23. The van der Waals surface area contributed by atoms with E-state index in [0.717, 1.165) is 5.69 Å². The first-order valence-corrected chi connectivity index (χ1v) is 5.51. The van der Waals surface area contributed by atoms with Gasteiger partial charge in [0.1, 0.15) is 23.1 Å². The van der Waals surface area contributed by atoms with Gasteiger partial charge in [-0.3, -0.25) is 0 Å². The van der Waals surface area contributed by atoms with Crippen molar-refractivity contribution in [1.29, 1.82) is 0 Å². The highest BCUT2D eigenvalue weighted by Crippen LogP contribution is 2.27. The minimum Gasteiger partial charge on any atom is -0.497 e. The summed E-state index contributed by atoms with van der Waals surface area (Å²) in [7, 11) is 3.17. The molecule has 1 aromatic heterocycles. The molecule has 2 aromatic rings. The second-order valence-corrected chi connectivity index (χ2v) is 3.76. The molecule has 2 rings (SSSR count). The molecule has 7 heteroatoms. The molecule has 19 heavy (non-hydrogen) atoms. The van der Waals surface area contributed by atoms with Gasteiger partial charge in [-0.15, -0.1) is 0 Å². The number of benzene rings is 1. The molecule has 0 aliphatic heterocycles. The predicted molar refractivity (Wildman–Crippen MR) is 73.7 cm³/mol. The first kappa shape index (κ1) is 12.7. The molecular weight excluding hydrogens is 246 g/mol. The van der Waals surface area contributed by atoms with Crippen molar-refractivity contribution in [2.75, 3.05) is 31.0 Å². The normalized spacial score (nSPS) is 10.0. The van der Waals surface area contributed by atoms with Crippen molar-refractivity contribution in [3.63, 3.8) is 0 Å². The van der Waals surface area contributed by atoms with E-state index >= 15 is 0 Å². The maximum absolute atomic E-state index is 5.60. The van der Waals surface area contributed by atoms with Crippen LogP contribution in [0.4, 0.5) is 23.3 Å². The lowest BCUT2D eigenvalue weighted by molar-refractivity contribution is 0.395. The van der Waals surface area contributed by atoms with Crippen LogP contribution < -0.4 is 26.3 Å². The summed E-state index contributed by atoms with van der Waals surface area (Å²) in [4.78, 5) is 7.83. The van der Waals surface area contributed by atoms with E-state index in [1.165, 1.54) is 0 Å². The highest BCUT2D eigenvalue weighted by atomic mass is 16.5. The SMILES string of the molecule is COc1cc(Nc2cc(N)nc(N)n2)cc(OC)c1. The number of hydrogen-bond acceptors (Lipinski definition) is 7. The molecule has 1 aromatic carbocycles. The average Bonchev–Trinajstić information content (AvgIpc) is 2.37. The van der Waals surface area contributed by atoms with Gasteiger partial charge in [0.05, 0.1) is 14.2 Å². The molecule has 0 radical (unpaired) electrons. The monoisotopic (exact) mass is 261 g/mol. The highest BCUT2D eigenvalue weighted by molar-refractivity contribution is 5.63. The molecule has 7 nitrogen and oxygen atoms in total. The molecule has 0 amide bonds. The third-order valence-corrected chi connectivity index (χ3v) is 2.39. The van der Waals surface area contributed by atoms with Gasteiger partial charge >= 0.3 is 0 Å². The van der Waals surface area contributed by atoms with Crippen LogP contribution in [0.15, 0.2) is 24.3 Å². The molecule has 0 fully saturated rings. The van der Waals surface area contributed by atoms with E-state index in [9.17, 15) is 0 Å². The number of nitrogens with zero attached hydrogens (tertiary/aromatic N) is 2. The number of nitrogens with two attached hydrogens (primary N) is 2. The van der Waals surface area contributed by atoms with Gasteiger partial charge in [-0.05, 0) is 0 Å². The van der Waals surface area contributed by atoms with Crippen molar-refractivity contribution in [3.8, 4) is 11.5 Å². The van der Waals surface area contributed by atoms with Crippen LogP contribution in [0.25, 0.3) is 0 Å². The van der Waals surface area contributed by atoms with Crippen LogP contribution in [0, 0.1) is 0 Å². The molecule has 0 unspecified atom stereocenters. The zero-order valence-corrected chi connectivity index (χ0v) is 10.7. The Bertz CT molecular complexity index is 546. The maximum Gasteiger partial charge on any atom is 0.223 e. The molecule has 5 N–H and O–H groups in total. The first-order chi connectivity index (χ1) is 9.10. The second-order valence-electron chi connectivity index (χ2n) is 3.76. The number of anilines is 4. The minimum atomic E-state index is 0.109. The maximum atomic E-state index is 5.60. The summed E-state index contributed by atoms with van der Waals surface area (Å²) in [5.41, 5.74) is 11.9. The molecule has 100 valence electrons. The summed E-state index contributed by atoms with van der Waals surface area (Å²) >= 11 is 0. The fourth-order valence-corrected chi connectivity index (χ4v) is 1.58. The van der Waals surface area contributed by atoms with E-state index in [1.54, 1.807) is 38.5 Å². The third kappa shape index (κ3) is 3.15. The number of hydrogen-bond donors (Lipinski definition) is 3. The van der Waals surface area contributed by atoms with Gasteiger partial charge in [-0.1, -0.05) is 0 Å². The number of aromatic nitrogens is 2. The van der Waals surface area contributed by atoms with Crippen LogP contribution in [-0.4, -0.2) is 24.2 Å². The van der Waals surface area contributed by atoms with E-state index in [2.05, 4.69) is 15.3 Å². The van der Waals surface area contributed by atoms with Gasteiger partial charge in [0, 0.05) is 30.0 Å². The minimum absolute atomic E-state index is 0.109. The van der Waals surface area contributed by atoms with Gasteiger partial charge in [-0.2, -0.15) is 9.97 Å². The van der Waals surface area contributed by atoms with Gasteiger partial charge in [0.25, 0.3) is 0 Å². The van der Waals surface area contributed by atoms with Crippen LogP contribution in [-0.2, 0) is 0 Å². The lowest BCUT2D eigenvalue weighted by atomic mass is 10.2. The smallest absolute Gasteiger partial charge is 0.223 e. The van der Waals surface area contributed by atoms with Crippen molar-refractivity contribution >= 4 is 23.3 Å². The Balaban J connectivity index is 2.31. The van der Waals surface area contributed by atoms with Gasteiger partial charge in [-0.25, -0.2) is 0 Å². The summed E-state index contributed by atoms with van der Waals surface area (Å²) in [6, 6.07) is 6.96. The van der Waals surface area contributed by atoms with E-state index in [4.69, 9.17) is 20.9 Å². The number of methoxy groups -OCH3 is 2. The molecule has 0 saturated heterocycles. The van der Waals surface area contributed by atoms with E-state index in [0.29, 0.717) is 23.1 Å². The number of nitrogen functional groups attached to an aromatic ring is 2. The summed E-state index contributed by atoms with van der Waals surface area (Å²) in [6.07, 6.45) is 0. The fraction of sp³-hybridized carbons (Fsp3) is 0.167. The Morgan fingerprint density at radius 3 is 2.11 bits per heavy atom. The quantitative estimate of drug-likeness (QED) is 0.763. The lowest BCUT2D eigenvalue weighted by Gasteiger charge is -2.10. The highest BCUT2D eigenvalue weighted by Gasteiger charge is 2.04. The molecule has 1 heterocycles. The Kier molecular flexibility index (Phi) is 3.56. The van der Waals surface area contributed by atoms with Gasteiger partial charge in [0.2, 0.25) is 5.95 Å². The summed E-state index contributed by atoms with van der Waals surface area (Å²) < 4.78 is 10.4. The van der Waals surface area contributed by atoms with Crippen molar-refractivity contribution in [2.45, 2.75) is 0 Å². The van der Waals surface area contributed by atoms with E-state index in [1.807, 2.05) is 0 Å². The summed E-state index contributed by atoms with van der Waals surface area (Å²) in [5, 5.41) is 3.06. The van der Waals surface area contributed by atoms with E-state index in [-0.39, 0.29) is 5.95 Å². The third-order valence-electron chi connectivity index (χ3n) is 2.39. The molecule has 0 atom stereocenters. The molecule has 0 bridgehead atoms. The number of rotatable bonds is 4. The number of ether oxygens (including phenoxy) is 2. The lowest BCUT2D eigenvalue weighted by Crippen LogP contribution is -2.03. The molecular formula is C12H15N5O2. The molecule has 0 aliphatic carbocycles. The summed E-state index contributed by atoms with van der Waals surface area (Å²) in [6.45, 7) is 0. The molecule has 0 saturated carbocycles. The molecule has 0 spiro atoms. The van der Waals surface area contributed by atoms with Crippen LogP contribution in [0.1, 0.15) is 0 Å². The second kappa shape index (κ2) is 5.30. The average molecular weight is 261 g/mol. The van der Waals surface area contributed by atoms with Crippen molar-refractivity contribution in [3.05, 3.63) is 24.3 Å². The van der Waals surface area contributed by atoms with Crippen molar-refractivity contribution < 1.29 is 9.47 Å². The van der Waals surface area contributed by atoms with Crippen molar-refractivity contribution in [1.82, 2.24) is 9.97 Å². The van der Waals surface area contributed by atoms with Gasteiger partial charge < -0.3 is 26.3 Å². The zero-order valence-electron chi connectivity index (χ0n) is 10.7. The first-order valence-electron chi connectivity index (χ1n) is 5.51. The Hall–Kier alpha value is -2.70. The number of nitrogens with one attached hydrogen (secondary N) is 1. The van der Waals surface area contributed by atoms with E-state index < -0.39 is 0 Å². The van der Waals surface area contributed by atoms with Crippen LogP contribution in [0.5, 0.6) is 11.5 Å². The Labute approximate surface area is 110 Å². The largest absolute Gasteiger partial charge is 0.497 e. The van der Waals surface area contributed by atoms with Crippen LogP contribution in [0.2, 0.25) is 0 Å². The Morgan fingerprint density at radius 2 is 1.58 bits per heavy atom. The standard InChI is InChI=1S/C12H15N5O2/c1-18-8-3-7(4-9(5-8)19-2)15-11-6-10(13)16-12(14)17-11/h3-6H,1-2H3,(H5,13,14,15,16,17). The predicted octanol–water partition coefficient (Wildman–Crippen LogP) is 1.40. The van der Waals surface area contributed by atoms with Crippen LogP contribution in [0.3, 0.4) is 0 Å². The zero-order chi connectivity index (χ0) is 13.8.